The molecule has 52 valence electrons. The van der Waals surface area contributed by atoms with E-state index in [0.717, 1.165) is 19.6 Å². The fourth-order valence-corrected chi connectivity index (χ4v) is 1.25. The molecule has 0 atom stereocenters. The van der Waals surface area contributed by atoms with Crippen LogP contribution in [0.25, 0.3) is 0 Å². The van der Waals surface area contributed by atoms with Crippen molar-refractivity contribution in [1.82, 2.24) is 5.32 Å². The molecule has 0 aliphatic carbocycles. The highest BCUT2D eigenvalue weighted by Gasteiger charge is 2.09. The van der Waals surface area contributed by atoms with E-state index in [1.807, 2.05) is 0 Å². The molecule has 2 aliphatic rings. The zero-order chi connectivity index (χ0) is 6.81. The van der Waals surface area contributed by atoms with Crippen molar-refractivity contribution >= 4 is 5.71 Å². The maximum absolute atomic E-state index is 4.35. The highest BCUT2D eigenvalue weighted by molar-refractivity contribution is 6.05. The van der Waals surface area contributed by atoms with Crippen molar-refractivity contribution in [3.8, 4) is 0 Å². The third-order valence-corrected chi connectivity index (χ3v) is 1.78. The SMILES string of the molecule is C1=CC2=CCNCC2=NC1. The average molecular weight is 134 g/mol. The maximum Gasteiger partial charge on any atom is 0.0577 e. The Labute approximate surface area is 60.3 Å². The van der Waals surface area contributed by atoms with Crippen molar-refractivity contribution < 1.29 is 0 Å². The first kappa shape index (κ1) is 5.86. The van der Waals surface area contributed by atoms with Crippen LogP contribution in [0, 0.1) is 0 Å². The van der Waals surface area contributed by atoms with E-state index in [2.05, 4.69) is 28.5 Å². The highest BCUT2D eigenvalue weighted by atomic mass is 14.9. The van der Waals surface area contributed by atoms with Crippen LogP contribution in [0.2, 0.25) is 0 Å². The molecule has 0 saturated heterocycles. The van der Waals surface area contributed by atoms with Gasteiger partial charge in [-0.2, -0.15) is 0 Å². The van der Waals surface area contributed by atoms with Crippen molar-refractivity contribution in [3.05, 3.63) is 23.8 Å². The zero-order valence-electron chi connectivity index (χ0n) is 5.80. The highest BCUT2D eigenvalue weighted by Crippen LogP contribution is 2.07. The normalized spacial score (nSPS) is 23.2. The molecular formula is C8H10N2. The number of hydrogen-bond acceptors (Lipinski definition) is 2. The molecule has 0 fully saturated rings. The minimum absolute atomic E-state index is 0.856. The number of fused-ring (bicyclic) bond motifs is 1. The second kappa shape index (κ2) is 2.39. The van der Waals surface area contributed by atoms with Gasteiger partial charge in [-0.25, -0.2) is 0 Å². The molecule has 2 heterocycles. The van der Waals surface area contributed by atoms with E-state index in [-0.39, 0.29) is 0 Å². The molecule has 2 rings (SSSR count). The predicted octanol–water partition coefficient (Wildman–Crippen LogP) is 0.527. The smallest absolute Gasteiger partial charge is 0.0577 e. The van der Waals surface area contributed by atoms with Crippen LogP contribution in [-0.4, -0.2) is 25.3 Å². The Kier molecular flexibility index (Phi) is 1.40. The number of allylic oxidation sites excluding steroid dienone is 1. The Morgan fingerprint density at radius 2 is 2.50 bits per heavy atom. The van der Waals surface area contributed by atoms with Gasteiger partial charge in [0, 0.05) is 13.1 Å². The van der Waals surface area contributed by atoms with Gasteiger partial charge in [-0.1, -0.05) is 18.2 Å². The largest absolute Gasteiger partial charge is 0.308 e. The summed E-state index contributed by atoms with van der Waals surface area (Å²) in [5, 5.41) is 3.24. The fourth-order valence-electron chi connectivity index (χ4n) is 1.25. The second-order valence-electron chi connectivity index (χ2n) is 2.48. The lowest BCUT2D eigenvalue weighted by molar-refractivity contribution is 0.840. The molecule has 0 unspecified atom stereocenters. The molecule has 2 heteroatoms. The summed E-state index contributed by atoms with van der Waals surface area (Å²) in [4.78, 5) is 4.35. The number of rotatable bonds is 0. The van der Waals surface area contributed by atoms with E-state index in [0.29, 0.717) is 0 Å². The summed E-state index contributed by atoms with van der Waals surface area (Å²) in [6, 6.07) is 0. The second-order valence-corrected chi connectivity index (χ2v) is 2.48. The summed E-state index contributed by atoms with van der Waals surface area (Å²) < 4.78 is 0. The van der Waals surface area contributed by atoms with E-state index in [1.165, 1.54) is 11.3 Å². The molecule has 0 aromatic heterocycles. The Morgan fingerprint density at radius 3 is 3.40 bits per heavy atom. The Balaban J connectivity index is 2.32. The average Bonchev–Trinajstić information content (AvgIpc) is 2.05. The molecule has 0 bridgehead atoms. The molecule has 0 radical (unpaired) electrons. The monoisotopic (exact) mass is 134 g/mol. The molecular weight excluding hydrogens is 124 g/mol. The van der Waals surface area contributed by atoms with Gasteiger partial charge >= 0.3 is 0 Å². The summed E-state index contributed by atoms with van der Waals surface area (Å²) in [6.07, 6.45) is 6.43. The molecule has 2 nitrogen and oxygen atoms in total. The van der Waals surface area contributed by atoms with Gasteiger partial charge in [0.15, 0.2) is 0 Å². The Morgan fingerprint density at radius 1 is 1.50 bits per heavy atom. The standard InChI is InChI=1S/C8H10N2/c1-2-7-3-5-9-6-8(7)10-4-1/h1-3,9H,4-6H2. The number of hydrogen-bond donors (Lipinski definition) is 1. The fraction of sp³-hybridized carbons (Fsp3) is 0.375. The van der Waals surface area contributed by atoms with E-state index >= 15 is 0 Å². The van der Waals surface area contributed by atoms with Crippen LogP contribution in [0.3, 0.4) is 0 Å². The molecule has 10 heavy (non-hydrogen) atoms. The lowest BCUT2D eigenvalue weighted by atomic mass is 10.1. The van der Waals surface area contributed by atoms with Crippen molar-refractivity contribution in [3.63, 3.8) is 0 Å². The minimum atomic E-state index is 0.856. The van der Waals surface area contributed by atoms with E-state index < -0.39 is 0 Å². The van der Waals surface area contributed by atoms with Gasteiger partial charge in [0.1, 0.15) is 0 Å². The van der Waals surface area contributed by atoms with Gasteiger partial charge in [-0.05, 0) is 5.57 Å². The van der Waals surface area contributed by atoms with Crippen LogP contribution in [0.1, 0.15) is 0 Å². The zero-order valence-corrected chi connectivity index (χ0v) is 5.80. The van der Waals surface area contributed by atoms with E-state index in [4.69, 9.17) is 0 Å². The quantitative estimate of drug-likeness (QED) is 0.513. The number of nitrogens with zero attached hydrogens (tertiary/aromatic N) is 1. The first-order chi connectivity index (χ1) is 4.97. The summed E-state index contributed by atoms with van der Waals surface area (Å²) in [5.41, 5.74) is 2.53. The van der Waals surface area contributed by atoms with Crippen LogP contribution in [-0.2, 0) is 0 Å². The molecule has 0 spiro atoms. The van der Waals surface area contributed by atoms with Crippen LogP contribution < -0.4 is 5.32 Å². The maximum atomic E-state index is 4.35. The number of nitrogens with one attached hydrogen (secondary N) is 1. The summed E-state index contributed by atoms with van der Waals surface area (Å²) in [5.74, 6) is 0. The number of aliphatic imine (C=N–C) groups is 1. The van der Waals surface area contributed by atoms with Gasteiger partial charge in [0.25, 0.3) is 0 Å². The van der Waals surface area contributed by atoms with Gasteiger partial charge < -0.3 is 5.32 Å². The van der Waals surface area contributed by atoms with Crippen molar-refractivity contribution in [1.29, 1.82) is 0 Å². The topological polar surface area (TPSA) is 24.4 Å². The van der Waals surface area contributed by atoms with Crippen molar-refractivity contribution in [2.75, 3.05) is 19.6 Å². The molecule has 0 saturated carbocycles. The lowest BCUT2D eigenvalue weighted by Gasteiger charge is -2.16. The van der Waals surface area contributed by atoms with Crippen LogP contribution >= 0.6 is 0 Å². The third kappa shape index (κ3) is 0.907. The van der Waals surface area contributed by atoms with Crippen molar-refractivity contribution in [2.45, 2.75) is 0 Å². The lowest BCUT2D eigenvalue weighted by Crippen LogP contribution is -2.30. The predicted molar refractivity (Wildman–Crippen MR) is 42.4 cm³/mol. The summed E-state index contributed by atoms with van der Waals surface area (Å²) in [6.45, 7) is 2.78. The third-order valence-electron chi connectivity index (χ3n) is 1.78. The van der Waals surface area contributed by atoms with Gasteiger partial charge in [0.2, 0.25) is 0 Å². The molecule has 2 aliphatic heterocycles. The summed E-state index contributed by atoms with van der Waals surface area (Å²) >= 11 is 0. The van der Waals surface area contributed by atoms with Crippen LogP contribution in [0.4, 0.5) is 0 Å². The molecule has 1 N–H and O–H groups in total. The molecule has 0 aromatic rings. The van der Waals surface area contributed by atoms with Crippen LogP contribution in [0.15, 0.2) is 28.8 Å². The Bertz CT molecular complexity index is 223. The number of dihydropyridines is 1. The molecule has 0 aromatic carbocycles. The van der Waals surface area contributed by atoms with Crippen LogP contribution in [0.5, 0.6) is 0 Å². The van der Waals surface area contributed by atoms with Gasteiger partial charge in [-0.3, -0.25) is 4.99 Å². The summed E-state index contributed by atoms with van der Waals surface area (Å²) in [7, 11) is 0. The minimum Gasteiger partial charge on any atom is -0.308 e. The Hall–Kier alpha value is -0.890. The molecule has 0 amide bonds. The van der Waals surface area contributed by atoms with Crippen molar-refractivity contribution in [2.24, 2.45) is 4.99 Å². The first-order valence-corrected chi connectivity index (χ1v) is 3.58. The van der Waals surface area contributed by atoms with E-state index in [1.54, 1.807) is 0 Å². The van der Waals surface area contributed by atoms with E-state index in [9.17, 15) is 0 Å². The first-order valence-electron chi connectivity index (χ1n) is 3.58. The van der Waals surface area contributed by atoms with Gasteiger partial charge in [-0.15, -0.1) is 0 Å². The van der Waals surface area contributed by atoms with Gasteiger partial charge in [0.05, 0.1) is 12.3 Å².